The van der Waals surface area contributed by atoms with Crippen LogP contribution in [0.2, 0.25) is 0 Å². The first-order chi connectivity index (χ1) is 11.2. The van der Waals surface area contributed by atoms with Crippen LogP contribution in [0, 0.1) is 5.41 Å². The highest BCUT2D eigenvalue weighted by atomic mass is 16.5. The highest BCUT2D eigenvalue weighted by molar-refractivity contribution is 5.96. The van der Waals surface area contributed by atoms with Crippen molar-refractivity contribution in [2.24, 2.45) is 0 Å². The average molecular weight is 309 g/mol. The van der Waals surface area contributed by atoms with Gasteiger partial charge >= 0.3 is 0 Å². The number of benzene rings is 2. The molecule has 23 heavy (non-hydrogen) atoms. The van der Waals surface area contributed by atoms with Crippen molar-refractivity contribution in [3.63, 3.8) is 0 Å². The lowest BCUT2D eigenvalue weighted by atomic mass is 10.0. The summed E-state index contributed by atoms with van der Waals surface area (Å²) in [7, 11) is 0. The standard InChI is InChI=1S/C20H23NO2/c1-3-18-9-8-17-12-19(10-11-20(17)23-18)22-13-15-4-6-16(7-5-15)14(2)21/h4-7,10-12,18,21H,3,8-9,13H2,1-2H3. The Labute approximate surface area is 137 Å². The molecule has 0 amide bonds. The highest BCUT2D eigenvalue weighted by Crippen LogP contribution is 2.31. The number of hydrogen-bond donors (Lipinski definition) is 1. The Morgan fingerprint density at radius 3 is 2.70 bits per heavy atom. The Hall–Kier alpha value is -2.29. The zero-order valence-corrected chi connectivity index (χ0v) is 13.8. The molecule has 0 fully saturated rings. The molecule has 1 heterocycles. The van der Waals surface area contributed by atoms with Gasteiger partial charge in [-0.25, -0.2) is 0 Å². The van der Waals surface area contributed by atoms with Crippen molar-refractivity contribution in [1.29, 1.82) is 5.41 Å². The van der Waals surface area contributed by atoms with Gasteiger partial charge in [0.2, 0.25) is 0 Å². The summed E-state index contributed by atoms with van der Waals surface area (Å²) < 4.78 is 11.9. The van der Waals surface area contributed by atoms with Gasteiger partial charge in [0, 0.05) is 5.71 Å². The second-order valence-electron chi connectivity index (χ2n) is 6.07. The van der Waals surface area contributed by atoms with Gasteiger partial charge in [-0.05, 0) is 61.1 Å². The van der Waals surface area contributed by atoms with Crippen LogP contribution in [0.25, 0.3) is 0 Å². The molecule has 1 N–H and O–H groups in total. The molecule has 0 saturated heterocycles. The van der Waals surface area contributed by atoms with E-state index in [1.807, 2.05) is 36.4 Å². The van der Waals surface area contributed by atoms with Gasteiger partial charge in [-0.2, -0.15) is 0 Å². The molecule has 3 rings (SSSR count). The lowest BCUT2D eigenvalue weighted by Gasteiger charge is -2.25. The zero-order valence-electron chi connectivity index (χ0n) is 13.8. The summed E-state index contributed by atoms with van der Waals surface area (Å²) >= 11 is 0. The minimum atomic E-state index is 0.352. The molecule has 0 radical (unpaired) electrons. The van der Waals surface area contributed by atoms with Crippen LogP contribution in [0.1, 0.15) is 43.4 Å². The fraction of sp³-hybridized carbons (Fsp3) is 0.350. The topological polar surface area (TPSA) is 42.3 Å². The van der Waals surface area contributed by atoms with Gasteiger partial charge in [-0.15, -0.1) is 0 Å². The number of hydrogen-bond acceptors (Lipinski definition) is 3. The lowest BCUT2D eigenvalue weighted by Crippen LogP contribution is -2.21. The molecule has 2 aromatic rings. The quantitative estimate of drug-likeness (QED) is 0.809. The van der Waals surface area contributed by atoms with Crippen molar-refractivity contribution in [3.8, 4) is 11.5 Å². The number of rotatable bonds is 5. The SMILES string of the molecule is CCC1CCc2cc(OCc3ccc(C(C)=N)cc3)ccc2O1. The van der Waals surface area contributed by atoms with Crippen LogP contribution >= 0.6 is 0 Å². The van der Waals surface area contributed by atoms with E-state index in [4.69, 9.17) is 14.9 Å². The largest absolute Gasteiger partial charge is 0.490 e. The first kappa shape index (κ1) is 15.6. The monoisotopic (exact) mass is 309 g/mol. The van der Waals surface area contributed by atoms with Crippen molar-refractivity contribution in [2.75, 3.05) is 0 Å². The molecule has 0 aliphatic carbocycles. The summed E-state index contributed by atoms with van der Waals surface area (Å²) in [6.45, 7) is 4.50. The van der Waals surface area contributed by atoms with Crippen LogP contribution in [0.3, 0.4) is 0 Å². The van der Waals surface area contributed by atoms with E-state index in [0.29, 0.717) is 18.4 Å². The van der Waals surface area contributed by atoms with Gasteiger partial charge in [-0.1, -0.05) is 31.2 Å². The zero-order chi connectivity index (χ0) is 16.2. The third kappa shape index (κ3) is 3.73. The third-order valence-electron chi connectivity index (χ3n) is 4.31. The van der Waals surface area contributed by atoms with Crippen molar-refractivity contribution >= 4 is 5.71 Å². The summed E-state index contributed by atoms with van der Waals surface area (Å²) in [5.74, 6) is 1.89. The summed E-state index contributed by atoms with van der Waals surface area (Å²) in [6.07, 6.45) is 3.55. The van der Waals surface area contributed by atoms with Crippen molar-refractivity contribution in [3.05, 3.63) is 59.2 Å². The Kier molecular flexibility index (Phi) is 4.65. The molecule has 1 aliphatic heterocycles. The number of fused-ring (bicyclic) bond motifs is 1. The van der Waals surface area contributed by atoms with E-state index >= 15 is 0 Å². The lowest BCUT2D eigenvalue weighted by molar-refractivity contribution is 0.169. The van der Waals surface area contributed by atoms with Crippen molar-refractivity contribution in [1.82, 2.24) is 0 Å². The summed E-state index contributed by atoms with van der Waals surface area (Å²) in [5, 5.41) is 7.62. The summed E-state index contributed by atoms with van der Waals surface area (Å²) in [5.41, 5.74) is 3.87. The normalized spacial score (nSPS) is 16.3. The van der Waals surface area contributed by atoms with Crippen LogP contribution in [-0.4, -0.2) is 11.8 Å². The Morgan fingerprint density at radius 1 is 1.22 bits per heavy atom. The Bertz CT molecular complexity index is 691. The molecular weight excluding hydrogens is 286 g/mol. The average Bonchev–Trinajstić information content (AvgIpc) is 2.59. The maximum atomic E-state index is 7.62. The van der Waals surface area contributed by atoms with Crippen LogP contribution in [0.4, 0.5) is 0 Å². The van der Waals surface area contributed by atoms with Crippen LogP contribution in [0.15, 0.2) is 42.5 Å². The van der Waals surface area contributed by atoms with E-state index < -0.39 is 0 Å². The van der Waals surface area contributed by atoms with Gasteiger partial charge in [0.25, 0.3) is 0 Å². The minimum Gasteiger partial charge on any atom is -0.490 e. The molecule has 1 atom stereocenters. The second kappa shape index (κ2) is 6.86. The predicted octanol–water partition coefficient (Wildman–Crippen LogP) is 4.76. The van der Waals surface area contributed by atoms with E-state index in [0.717, 1.165) is 41.9 Å². The molecule has 2 aromatic carbocycles. The summed E-state index contributed by atoms with van der Waals surface area (Å²) in [4.78, 5) is 0. The van der Waals surface area contributed by atoms with E-state index in [1.165, 1.54) is 5.56 Å². The highest BCUT2D eigenvalue weighted by Gasteiger charge is 2.18. The van der Waals surface area contributed by atoms with Crippen LogP contribution in [0.5, 0.6) is 11.5 Å². The second-order valence-corrected chi connectivity index (χ2v) is 6.07. The fourth-order valence-corrected chi connectivity index (χ4v) is 2.82. The minimum absolute atomic E-state index is 0.352. The first-order valence-electron chi connectivity index (χ1n) is 8.22. The molecular formula is C20H23NO2. The van der Waals surface area contributed by atoms with Gasteiger partial charge < -0.3 is 14.9 Å². The van der Waals surface area contributed by atoms with Gasteiger partial charge in [0.05, 0.1) is 6.10 Å². The number of aryl methyl sites for hydroxylation is 1. The molecule has 3 heteroatoms. The smallest absolute Gasteiger partial charge is 0.123 e. The number of ether oxygens (including phenoxy) is 2. The molecule has 120 valence electrons. The van der Waals surface area contributed by atoms with Crippen LogP contribution in [-0.2, 0) is 13.0 Å². The molecule has 3 nitrogen and oxygen atoms in total. The van der Waals surface area contributed by atoms with Gasteiger partial charge in [0.1, 0.15) is 18.1 Å². The van der Waals surface area contributed by atoms with E-state index in [1.54, 1.807) is 6.92 Å². The molecule has 0 saturated carbocycles. The molecule has 1 aliphatic rings. The van der Waals surface area contributed by atoms with Gasteiger partial charge in [0.15, 0.2) is 0 Å². The predicted molar refractivity (Wildman–Crippen MR) is 92.7 cm³/mol. The molecule has 0 bridgehead atoms. The maximum Gasteiger partial charge on any atom is 0.123 e. The van der Waals surface area contributed by atoms with E-state index in [2.05, 4.69) is 13.0 Å². The maximum absolute atomic E-state index is 7.62. The van der Waals surface area contributed by atoms with E-state index in [9.17, 15) is 0 Å². The number of nitrogens with one attached hydrogen (secondary N) is 1. The molecule has 0 aromatic heterocycles. The third-order valence-corrected chi connectivity index (χ3v) is 4.31. The fourth-order valence-electron chi connectivity index (χ4n) is 2.82. The Morgan fingerprint density at radius 2 is 2.00 bits per heavy atom. The Balaban J connectivity index is 1.64. The summed E-state index contributed by atoms with van der Waals surface area (Å²) in [6, 6.07) is 14.1. The first-order valence-corrected chi connectivity index (χ1v) is 8.22. The molecule has 1 unspecified atom stereocenters. The van der Waals surface area contributed by atoms with Gasteiger partial charge in [-0.3, -0.25) is 0 Å². The van der Waals surface area contributed by atoms with Crippen molar-refractivity contribution in [2.45, 2.75) is 45.8 Å². The molecule has 0 spiro atoms. The van der Waals surface area contributed by atoms with Crippen molar-refractivity contribution < 1.29 is 9.47 Å². The van der Waals surface area contributed by atoms with Crippen LogP contribution < -0.4 is 9.47 Å². The van der Waals surface area contributed by atoms with E-state index in [-0.39, 0.29) is 0 Å².